The van der Waals surface area contributed by atoms with Gasteiger partial charge in [0.1, 0.15) is 11.4 Å². The Morgan fingerprint density at radius 3 is 2.50 bits per heavy atom. The lowest BCUT2D eigenvalue weighted by Crippen LogP contribution is -2.58. The fraction of sp³-hybridized carbons (Fsp3) is 0.684. The van der Waals surface area contributed by atoms with E-state index in [9.17, 15) is 10.1 Å². The van der Waals surface area contributed by atoms with Gasteiger partial charge in [-0.2, -0.15) is 5.26 Å². The number of carbonyl (C=O) groups excluding carboxylic acids is 1. The zero-order valence-corrected chi connectivity index (χ0v) is 15.8. The van der Waals surface area contributed by atoms with Crippen molar-refractivity contribution in [1.82, 2.24) is 19.8 Å². The molecule has 1 saturated carbocycles. The number of aromatic nitrogens is 2. The highest BCUT2D eigenvalue weighted by molar-refractivity contribution is 5.82. The van der Waals surface area contributed by atoms with E-state index in [4.69, 9.17) is 0 Å². The number of anilines is 1. The molecule has 0 unspecified atom stereocenters. The Hall–Kier alpha value is -2.20. The van der Waals surface area contributed by atoms with Gasteiger partial charge < -0.3 is 9.80 Å². The number of likely N-dealkylation sites (N-methyl/N-ethyl adjacent to an activating group) is 1. The first-order valence-corrected chi connectivity index (χ1v) is 9.51. The molecule has 1 aliphatic carbocycles. The Morgan fingerprint density at radius 1 is 1.23 bits per heavy atom. The summed E-state index contributed by atoms with van der Waals surface area (Å²) < 4.78 is 0. The first-order chi connectivity index (χ1) is 12.6. The monoisotopic (exact) mass is 356 g/mol. The summed E-state index contributed by atoms with van der Waals surface area (Å²) >= 11 is 0. The van der Waals surface area contributed by atoms with Gasteiger partial charge >= 0.3 is 0 Å². The van der Waals surface area contributed by atoms with Gasteiger partial charge in [-0.1, -0.05) is 19.3 Å². The zero-order valence-electron chi connectivity index (χ0n) is 15.8. The molecular weight excluding hydrogens is 328 g/mol. The van der Waals surface area contributed by atoms with Crippen LogP contribution < -0.4 is 4.90 Å². The summed E-state index contributed by atoms with van der Waals surface area (Å²) in [4.78, 5) is 27.7. The first kappa shape index (κ1) is 18.6. The number of nitrogens with zero attached hydrogens (tertiary/aromatic N) is 6. The minimum Gasteiger partial charge on any atom is -0.353 e. The van der Waals surface area contributed by atoms with E-state index in [1.807, 2.05) is 14.0 Å². The van der Waals surface area contributed by atoms with Gasteiger partial charge in [0.05, 0.1) is 18.3 Å². The van der Waals surface area contributed by atoms with E-state index in [0.29, 0.717) is 0 Å². The molecule has 1 atom stereocenters. The van der Waals surface area contributed by atoms with Crippen molar-refractivity contribution in [3.8, 4) is 6.07 Å². The molecule has 2 fully saturated rings. The number of carbonyl (C=O) groups is 1. The summed E-state index contributed by atoms with van der Waals surface area (Å²) in [5, 5.41) is 9.74. The van der Waals surface area contributed by atoms with Gasteiger partial charge in [0.2, 0.25) is 5.91 Å². The number of piperazine rings is 1. The van der Waals surface area contributed by atoms with Crippen molar-refractivity contribution in [2.75, 3.05) is 38.1 Å². The van der Waals surface area contributed by atoms with Gasteiger partial charge in [-0.15, -0.1) is 0 Å². The van der Waals surface area contributed by atoms with Crippen LogP contribution in [0.2, 0.25) is 0 Å². The van der Waals surface area contributed by atoms with E-state index < -0.39 is 5.54 Å². The Bertz CT molecular complexity index is 644. The highest BCUT2D eigenvalue weighted by atomic mass is 16.2. The third-order valence-corrected chi connectivity index (χ3v) is 5.95. The highest BCUT2D eigenvalue weighted by Crippen LogP contribution is 2.33. The molecular formula is C19H28N6O. The van der Waals surface area contributed by atoms with Crippen LogP contribution in [0.25, 0.3) is 0 Å². The van der Waals surface area contributed by atoms with Gasteiger partial charge in [-0.25, -0.2) is 4.98 Å². The van der Waals surface area contributed by atoms with Crippen molar-refractivity contribution in [3.63, 3.8) is 0 Å². The molecule has 0 N–H and O–H groups in total. The Kier molecular flexibility index (Phi) is 5.72. The van der Waals surface area contributed by atoms with E-state index in [1.165, 1.54) is 0 Å². The minimum atomic E-state index is -0.620. The van der Waals surface area contributed by atoms with Gasteiger partial charge in [0, 0.05) is 45.6 Å². The van der Waals surface area contributed by atoms with E-state index in [0.717, 1.165) is 64.1 Å². The van der Waals surface area contributed by atoms with E-state index in [1.54, 1.807) is 23.5 Å². The maximum Gasteiger partial charge on any atom is 0.240 e. The summed E-state index contributed by atoms with van der Waals surface area (Å²) in [6.07, 6.45) is 9.94. The van der Waals surface area contributed by atoms with Crippen LogP contribution in [0.5, 0.6) is 0 Å². The number of rotatable bonds is 4. The number of hydrogen-bond acceptors (Lipinski definition) is 6. The molecule has 26 heavy (non-hydrogen) atoms. The lowest BCUT2D eigenvalue weighted by molar-refractivity contribution is -0.140. The molecule has 7 nitrogen and oxygen atoms in total. The molecule has 140 valence electrons. The van der Waals surface area contributed by atoms with Gasteiger partial charge in [0.25, 0.3) is 0 Å². The Morgan fingerprint density at radius 2 is 1.92 bits per heavy atom. The number of amides is 1. The molecule has 3 rings (SSSR count). The third-order valence-electron chi connectivity index (χ3n) is 5.95. The van der Waals surface area contributed by atoms with Gasteiger partial charge in [0.15, 0.2) is 0 Å². The normalized spacial score (nSPS) is 21.7. The molecule has 0 bridgehead atoms. The average Bonchev–Trinajstić information content (AvgIpc) is 2.73. The largest absolute Gasteiger partial charge is 0.353 e. The van der Waals surface area contributed by atoms with Gasteiger partial charge in [-0.05, 0) is 19.8 Å². The summed E-state index contributed by atoms with van der Waals surface area (Å²) in [5.74, 6) is 0.940. The fourth-order valence-electron chi connectivity index (χ4n) is 4.10. The lowest BCUT2D eigenvalue weighted by Gasteiger charge is -2.43. The molecule has 0 radical (unpaired) electrons. The van der Waals surface area contributed by atoms with Crippen molar-refractivity contribution >= 4 is 11.7 Å². The van der Waals surface area contributed by atoms with Crippen LogP contribution in [0.1, 0.15) is 39.0 Å². The highest BCUT2D eigenvalue weighted by Gasteiger charge is 2.41. The summed E-state index contributed by atoms with van der Waals surface area (Å²) in [6.45, 7) is 5.21. The van der Waals surface area contributed by atoms with Crippen molar-refractivity contribution in [2.45, 2.75) is 50.6 Å². The maximum atomic E-state index is 13.1. The summed E-state index contributed by atoms with van der Waals surface area (Å²) in [6, 6.07) is 2.24. The quantitative estimate of drug-likeness (QED) is 0.817. The standard InChI is InChI=1S/C19H28N6O/c1-16(18(26)23(2)19(15-20)6-4-3-5-7-19)24-10-12-25(13-11-24)17-14-21-8-9-22-17/h8-9,14,16H,3-7,10-13H2,1-2H3/t16-/m0/s1. The molecule has 1 aromatic rings. The predicted octanol–water partition coefficient (Wildman–Crippen LogP) is 1.67. The van der Waals surface area contributed by atoms with E-state index in [-0.39, 0.29) is 11.9 Å². The lowest BCUT2D eigenvalue weighted by atomic mass is 9.81. The van der Waals surface area contributed by atoms with Crippen molar-refractivity contribution < 1.29 is 4.79 Å². The summed E-state index contributed by atoms with van der Waals surface area (Å²) in [7, 11) is 1.81. The van der Waals surface area contributed by atoms with E-state index >= 15 is 0 Å². The maximum absolute atomic E-state index is 13.1. The Labute approximate surface area is 155 Å². The molecule has 7 heteroatoms. The smallest absolute Gasteiger partial charge is 0.240 e. The third kappa shape index (κ3) is 3.65. The SMILES string of the molecule is C[C@@H](C(=O)N(C)C1(C#N)CCCCC1)N1CCN(c2cnccn2)CC1. The molecule has 1 aliphatic heterocycles. The van der Waals surface area contributed by atoms with E-state index in [2.05, 4.69) is 25.8 Å². The molecule has 1 saturated heterocycles. The predicted molar refractivity (Wildman–Crippen MR) is 99.5 cm³/mol. The van der Waals surface area contributed by atoms with Crippen molar-refractivity contribution in [3.05, 3.63) is 18.6 Å². The molecule has 1 amide bonds. The van der Waals surface area contributed by atoms with Crippen LogP contribution in [-0.2, 0) is 4.79 Å². The molecule has 0 aromatic carbocycles. The fourth-order valence-corrected chi connectivity index (χ4v) is 4.10. The second-order valence-corrected chi connectivity index (χ2v) is 7.36. The second-order valence-electron chi connectivity index (χ2n) is 7.36. The van der Waals surface area contributed by atoms with Crippen LogP contribution in [0.4, 0.5) is 5.82 Å². The Balaban J connectivity index is 1.60. The second kappa shape index (κ2) is 8.00. The molecule has 2 aliphatic rings. The van der Waals surface area contributed by atoms with Crippen LogP contribution in [0.3, 0.4) is 0 Å². The minimum absolute atomic E-state index is 0.0569. The van der Waals surface area contributed by atoms with Crippen molar-refractivity contribution in [2.24, 2.45) is 0 Å². The average molecular weight is 356 g/mol. The topological polar surface area (TPSA) is 76.4 Å². The molecule has 0 spiro atoms. The number of nitriles is 1. The summed E-state index contributed by atoms with van der Waals surface area (Å²) in [5.41, 5.74) is -0.620. The van der Waals surface area contributed by atoms with Crippen molar-refractivity contribution in [1.29, 1.82) is 5.26 Å². The van der Waals surface area contributed by atoms with Gasteiger partial charge in [-0.3, -0.25) is 14.7 Å². The van der Waals surface area contributed by atoms with Crippen LogP contribution in [0.15, 0.2) is 18.6 Å². The van der Waals surface area contributed by atoms with Crippen LogP contribution in [0, 0.1) is 11.3 Å². The van der Waals surface area contributed by atoms with Crippen LogP contribution >= 0.6 is 0 Å². The first-order valence-electron chi connectivity index (χ1n) is 9.51. The zero-order chi connectivity index (χ0) is 18.6. The number of hydrogen-bond donors (Lipinski definition) is 0. The molecule has 1 aromatic heterocycles. The van der Waals surface area contributed by atoms with Crippen LogP contribution in [-0.4, -0.2) is 70.5 Å². The molecule has 2 heterocycles.